The summed E-state index contributed by atoms with van der Waals surface area (Å²) in [5.74, 6) is 1.51. The van der Waals surface area contributed by atoms with Gasteiger partial charge in [-0.3, -0.25) is 9.69 Å². The number of nitrogens with zero attached hydrogens (tertiary/aromatic N) is 2. The molecule has 26 heavy (non-hydrogen) atoms. The molecule has 2 aliphatic rings. The third-order valence-corrected chi connectivity index (χ3v) is 5.39. The first kappa shape index (κ1) is 19.1. The minimum absolute atomic E-state index is 0.00813. The highest BCUT2D eigenvalue weighted by molar-refractivity contribution is 5.77. The number of rotatable bonds is 6. The molecule has 6 nitrogen and oxygen atoms in total. The second kappa shape index (κ2) is 9.35. The topological polar surface area (TPSA) is 62.2 Å². The molecule has 0 aromatic heterocycles. The number of para-hydroxylation sites is 1. The lowest BCUT2D eigenvalue weighted by atomic mass is 9.99. The summed E-state index contributed by atoms with van der Waals surface area (Å²) >= 11 is 0. The summed E-state index contributed by atoms with van der Waals surface area (Å²) < 4.78 is 11.3. The molecule has 1 N–H and O–H groups in total. The minimum atomic E-state index is 0.00813. The fraction of sp³-hybridized carbons (Fsp3) is 0.650. The van der Waals surface area contributed by atoms with Gasteiger partial charge in [-0.25, -0.2) is 0 Å². The van der Waals surface area contributed by atoms with E-state index in [4.69, 9.17) is 9.47 Å². The van der Waals surface area contributed by atoms with Crippen LogP contribution in [0.3, 0.4) is 0 Å². The van der Waals surface area contributed by atoms with Crippen LogP contribution >= 0.6 is 0 Å². The Bertz CT molecular complexity index is 587. The van der Waals surface area contributed by atoms with Crippen molar-refractivity contribution in [3.63, 3.8) is 0 Å². The van der Waals surface area contributed by atoms with E-state index >= 15 is 0 Å². The van der Waals surface area contributed by atoms with E-state index in [2.05, 4.69) is 11.8 Å². The highest BCUT2D eigenvalue weighted by atomic mass is 16.5. The lowest BCUT2D eigenvalue weighted by Gasteiger charge is -2.34. The Morgan fingerprint density at radius 1 is 1.27 bits per heavy atom. The number of amides is 1. The number of hydrogen-bond acceptors (Lipinski definition) is 5. The molecule has 1 atom stereocenters. The maximum atomic E-state index is 12.4. The van der Waals surface area contributed by atoms with Gasteiger partial charge in [0.1, 0.15) is 5.75 Å². The van der Waals surface area contributed by atoms with Gasteiger partial charge in [0.25, 0.3) is 5.91 Å². The van der Waals surface area contributed by atoms with E-state index < -0.39 is 0 Å². The number of ether oxygens (including phenoxy) is 2. The largest absolute Gasteiger partial charge is 0.483 e. The summed E-state index contributed by atoms with van der Waals surface area (Å²) in [5.41, 5.74) is 1.04. The molecular formula is C20H30N2O4. The summed E-state index contributed by atoms with van der Waals surface area (Å²) in [7, 11) is 0. The summed E-state index contributed by atoms with van der Waals surface area (Å²) in [6, 6.07) is 7.84. The first-order valence-electron chi connectivity index (χ1n) is 9.58. The first-order chi connectivity index (χ1) is 12.7. The first-order valence-corrected chi connectivity index (χ1v) is 9.58. The van der Waals surface area contributed by atoms with Crippen molar-refractivity contribution in [3.8, 4) is 5.75 Å². The highest BCUT2D eigenvalue weighted by Crippen LogP contribution is 2.22. The number of piperidine rings is 1. The average molecular weight is 362 g/mol. The molecule has 1 amide bonds. The summed E-state index contributed by atoms with van der Waals surface area (Å²) in [6.07, 6.45) is 2.14. The standard InChI is InChI=1S/C20H30N2O4/c1-16-6-8-21(9-7-16)20(24)15-26-19-5-3-2-4-17(19)12-22-10-11-25-14-18(22)13-23/h2-5,16,18,23H,6-15H2,1H3. The number of carbonyl (C=O) groups excluding carboxylic acids is 1. The quantitative estimate of drug-likeness (QED) is 0.831. The van der Waals surface area contributed by atoms with Gasteiger partial charge in [0.15, 0.2) is 6.61 Å². The van der Waals surface area contributed by atoms with Gasteiger partial charge in [-0.1, -0.05) is 25.1 Å². The Morgan fingerprint density at radius 3 is 2.81 bits per heavy atom. The number of morpholine rings is 1. The van der Waals surface area contributed by atoms with Crippen LogP contribution in [-0.4, -0.2) is 72.9 Å². The molecule has 0 spiro atoms. The van der Waals surface area contributed by atoms with Gasteiger partial charge in [0.2, 0.25) is 0 Å². The van der Waals surface area contributed by atoms with E-state index in [-0.39, 0.29) is 25.2 Å². The van der Waals surface area contributed by atoms with E-state index in [1.807, 2.05) is 29.2 Å². The fourth-order valence-corrected chi connectivity index (χ4v) is 3.55. The van der Waals surface area contributed by atoms with E-state index in [9.17, 15) is 9.90 Å². The predicted molar refractivity (Wildman–Crippen MR) is 99.0 cm³/mol. The predicted octanol–water partition coefficient (Wildman–Crippen LogP) is 1.52. The van der Waals surface area contributed by atoms with Crippen LogP contribution in [0.25, 0.3) is 0 Å². The third-order valence-electron chi connectivity index (χ3n) is 5.39. The van der Waals surface area contributed by atoms with Crippen LogP contribution in [-0.2, 0) is 16.1 Å². The molecule has 0 bridgehead atoms. The molecule has 1 aromatic carbocycles. The molecule has 1 unspecified atom stereocenters. The monoisotopic (exact) mass is 362 g/mol. The zero-order valence-electron chi connectivity index (χ0n) is 15.6. The van der Waals surface area contributed by atoms with Crippen molar-refractivity contribution >= 4 is 5.91 Å². The van der Waals surface area contributed by atoms with Crippen molar-refractivity contribution in [2.24, 2.45) is 5.92 Å². The van der Waals surface area contributed by atoms with E-state index in [1.165, 1.54) is 0 Å². The molecule has 3 rings (SSSR count). The summed E-state index contributed by atoms with van der Waals surface area (Å²) in [4.78, 5) is 16.5. The molecule has 0 radical (unpaired) electrons. The molecule has 2 heterocycles. The lowest BCUT2D eigenvalue weighted by Crippen LogP contribution is -2.46. The van der Waals surface area contributed by atoms with Gasteiger partial charge in [-0.15, -0.1) is 0 Å². The van der Waals surface area contributed by atoms with Crippen molar-refractivity contribution in [2.45, 2.75) is 32.4 Å². The Morgan fingerprint density at radius 2 is 2.04 bits per heavy atom. The molecule has 0 aliphatic carbocycles. The number of aliphatic hydroxyl groups excluding tert-OH is 1. The number of carbonyl (C=O) groups is 1. The second-order valence-electron chi connectivity index (χ2n) is 7.34. The van der Waals surface area contributed by atoms with Crippen molar-refractivity contribution in [1.29, 1.82) is 0 Å². The van der Waals surface area contributed by atoms with Gasteiger partial charge in [0.05, 0.1) is 25.9 Å². The number of likely N-dealkylation sites (tertiary alicyclic amines) is 1. The molecule has 2 aliphatic heterocycles. The molecule has 1 aromatic rings. The Hall–Kier alpha value is -1.63. The summed E-state index contributed by atoms with van der Waals surface area (Å²) in [5, 5.41) is 9.54. The molecule has 6 heteroatoms. The number of aliphatic hydroxyl groups is 1. The minimum Gasteiger partial charge on any atom is -0.483 e. The van der Waals surface area contributed by atoms with Crippen LogP contribution in [0.4, 0.5) is 0 Å². The van der Waals surface area contributed by atoms with Crippen LogP contribution in [0.15, 0.2) is 24.3 Å². The van der Waals surface area contributed by atoms with Gasteiger partial charge in [-0.05, 0) is 24.8 Å². The van der Waals surface area contributed by atoms with Crippen LogP contribution < -0.4 is 4.74 Å². The second-order valence-corrected chi connectivity index (χ2v) is 7.34. The lowest BCUT2D eigenvalue weighted by molar-refractivity contribution is -0.134. The maximum absolute atomic E-state index is 12.4. The van der Waals surface area contributed by atoms with Crippen LogP contribution in [0, 0.1) is 5.92 Å². The van der Waals surface area contributed by atoms with Crippen LogP contribution in [0.1, 0.15) is 25.3 Å². The van der Waals surface area contributed by atoms with Crippen LogP contribution in [0.5, 0.6) is 5.75 Å². The van der Waals surface area contributed by atoms with Crippen molar-refractivity contribution in [1.82, 2.24) is 9.80 Å². The smallest absolute Gasteiger partial charge is 0.260 e. The van der Waals surface area contributed by atoms with Crippen molar-refractivity contribution in [3.05, 3.63) is 29.8 Å². The van der Waals surface area contributed by atoms with Gasteiger partial charge < -0.3 is 19.5 Å². The van der Waals surface area contributed by atoms with E-state index in [0.29, 0.717) is 25.7 Å². The maximum Gasteiger partial charge on any atom is 0.260 e. The molecule has 2 fully saturated rings. The van der Waals surface area contributed by atoms with E-state index in [1.54, 1.807) is 0 Å². The summed E-state index contributed by atoms with van der Waals surface area (Å²) in [6.45, 7) is 6.74. The SMILES string of the molecule is CC1CCN(C(=O)COc2ccccc2CN2CCOCC2CO)CC1. The zero-order valence-corrected chi connectivity index (χ0v) is 15.6. The fourth-order valence-electron chi connectivity index (χ4n) is 3.55. The molecule has 144 valence electrons. The van der Waals surface area contributed by atoms with Gasteiger partial charge in [0, 0.05) is 31.7 Å². The van der Waals surface area contributed by atoms with Crippen molar-refractivity contribution in [2.75, 3.05) is 46.1 Å². The third kappa shape index (κ3) is 4.96. The van der Waals surface area contributed by atoms with Gasteiger partial charge >= 0.3 is 0 Å². The number of benzene rings is 1. The number of hydrogen-bond donors (Lipinski definition) is 1. The molecule has 0 saturated carbocycles. The normalized spacial score (nSPS) is 22.4. The van der Waals surface area contributed by atoms with Gasteiger partial charge in [-0.2, -0.15) is 0 Å². The molecule has 2 saturated heterocycles. The average Bonchev–Trinajstić information content (AvgIpc) is 2.68. The Labute approximate surface area is 155 Å². The van der Waals surface area contributed by atoms with E-state index in [0.717, 1.165) is 43.8 Å². The Balaban J connectivity index is 1.57. The molecular weight excluding hydrogens is 332 g/mol. The highest BCUT2D eigenvalue weighted by Gasteiger charge is 2.24. The zero-order chi connectivity index (χ0) is 18.4. The van der Waals surface area contributed by atoms with Crippen LogP contribution in [0.2, 0.25) is 0 Å². The van der Waals surface area contributed by atoms with Crippen molar-refractivity contribution < 1.29 is 19.4 Å². The Kier molecular flexibility index (Phi) is 6.88.